The number of benzene rings is 3. The normalized spacial score (nSPS) is 11.1. The molecule has 3 aromatic carbocycles. The molecule has 176 valence electrons. The second-order valence-corrected chi connectivity index (χ2v) is 9.20. The van der Waals surface area contributed by atoms with E-state index in [1.54, 1.807) is 0 Å². The first-order chi connectivity index (χ1) is 16.6. The summed E-state index contributed by atoms with van der Waals surface area (Å²) in [5, 5.41) is 2.34. The summed E-state index contributed by atoms with van der Waals surface area (Å²) < 4.78 is 20.9. The summed E-state index contributed by atoms with van der Waals surface area (Å²) in [6.07, 6.45) is 8.40. The van der Waals surface area contributed by atoms with Crippen LogP contribution >= 0.6 is 11.6 Å². The fourth-order valence-corrected chi connectivity index (χ4v) is 4.25. The number of fused-ring (bicyclic) bond motifs is 1. The van der Waals surface area contributed by atoms with E-state index in [2.05, 4.69) is 18.0 Å². The molecule has 0 radical (unpaired) electrons. The molecule has 4 rings (SSSR count). The van der Waals surface area contributed by atoms with Crippen molar-refractivity contribution in [3.8, 4) is 5.75 Å². The molecule has 0 amide bonds. The van der Waals surface area contributed by atoms with E-state index in [0.717, 1.165) is 65.3 Å². The lowest BCUT2D eigenvalue weighted by Gasteiger charge is -2.09. The minimum Gasteiger partial charge on any atom is -0.492 e. The highest BCUT2D eigenvalue weighted by Crippen LogP contribution is 2.24. The van der Waals surface area contributed by atoms with E-state index >= 15 is 4.39 Å². The number of hydrogen-bond donors (Lipinski definition) is 0. The van der Waals surface area contributed by atoms with Crippen LogP contribution in [0.4, 0.5) is 4.39 Å². The molecule has 0 bridgehead atoms. The van der Waals surface area contributed by atoms with Crippen molar-refractivity contribution in [2.75, 3.05) is 6.61 Å². The molecular formula is C30H31ClFNO. The van der Waals surface area contributed by atoms with Crippen molar-refractivity contribution in [2.45, 2.75) is 51.9 Å². The van der Waals surface area contributed by atoms with Gasteiger partial charge in [0, 0.05) is 16.1 Å². The molecule has 34 heavy (non-hydrogen) atoms. The number of halogens is 2. The molecule has 1 heterocycles. The fourth-order valence-electron chi connectivity index (χ4n) is 4.12. The Bertz CT molecular complexity index is 1210. The minimum atomic E-state index is -0.116. The SMILES string of the molecule is CCCCCOc1ccc(CCc2ccc3c(F)c(CCc4ccc(Cl)cc4)ccc3c2)nc1. The molecule has 0 N–H and O–H groups in total. The van der Waals surface area contributed by atoms with Crippen LogP contribution in [-0.4, -0.2) is 11.6 Å². The largest absolute Gasteiger partial charge is 0.492 e. The van der Waals surface area contributed by atoms with Gasteiger partial charge in [0.2, 0.25) is 0 Å². The maximum Gasteiger partial charge on any atom is 0.137 e. The Balaban J connectivity index is 1.35. The Morgan fingerprint density at radius 3 is 2.38 bits per heavy atom. The summed E-state index contributed by atoms with van der Waals surface area (Å²) in [5.74, 6) is 0.710. The zero-order chi connectivity index (χ0) is 23.8. The smallest absolute Gasteiger partial charge is 0.137 e. The quantitative estimate of drug-likeness (QED) is 0.204. The average molecular weight is 476 g/mol. The van der Waals surface area contributed by atoms with Crippen LogP contribution in [0.3, 0.4) is 0 Å². The van der Waals surface area contributed by atoms with Crippen LogP contribution in [0, 0.1) is 5.82 Å². The highest BCUT2D eigenvalue weighted by atomic mass is 35.5. The Morgan fingerprint density at radius 2 is 1.62 bits per heavy atom. The molecule has 0 aliphatic rings. The number of nitrogens with zero attached hydrogens (tertiary/aromatic N) is 1. The molecule has 0 saturated heterocycles. The molecule has 0 aliphatic carbocycles. The summed E-state index contributed by atoms with van der Waals surface area (Å²) in [5.41, 5.74) is 4.12. The fraction of sp³-hybridized carbons (Fsp3) is 0.300. The van der Waals surface area contributed by atoms with E-state index in [9.17, 15) is 0 Å². The third kappa shape index (κ3) is 6.57. The number of pyridine rings is 1. The van der Waals surface area contributed by atoms with Gasteiger partial charge in [-0.15, -0.1) is 0 Å². The van der Waals surface area contributed by atoms with Crippen molar-refractivity contribution in [3.63, 3.8) is 0 Å². The van der Waals surface area contributed by atoms with Crippen molar-refractivity contribution in [1.29, 1.82) is 0 Å². The lowest BCUT2D eigenvalue weighted by molar-refractivity contribution is 0.305. The number of unbranched alkanes of at least 4 members (excludes halogenated alkanes) is 2. The molecule has 0 spiro atoms. The predicted molar refractivity (Wildman–Crippen MR) is 139 cm³/mol. The lowest BCUT2D eigenvalue weighted by Crippen LogP contribution is -1.99. The maximum absolute atomic E-state index is 15.1. The zero-order valence-electron chi connectivity index (χ0n) is 19.7. The van der Waals surface area contributed by atoms with Crippen LogP contribution in [0.25, 0.3) is 10.8 Å². The molecule has 0 fully saturated rings. The molecular weight excluding hydrogens is 445 g/mol. The molecule has 1 aromatic heterocycles. The van der Waals surface area contributed by atoms with Gasteiger partial charge in [0.25, 0.3) is 0 Å². The van der Waals surface area contributed by atoms with Gasteiger partial charge in [-0.25, -0.2) is 4.39 Å². The van der Waals surface area contributed by atoms with Gasteiger partial charge in [0.15, 0.2) is 0 Å². The number of rotatable bonds is 11. The molecule has 4 aromatic rings. The van der Waals surface area contributed by atoms with Gasteiger partial charge < -0.3 is 4.74 Å². The van der Waals surface area contributed by atoms with E-state index in [0.29, 0.717) is 11.8 Å². The van der Waals surface area contributed by atoms with Crippen molar-refractivity contribution < 1.29 is 9.13 Å². The second kappa shape index (κ2) is 12.0. The Morgan fingerprint density at radius 1 is 0.824 bits per heavy atom. The number of ether oxygens (including phenoxy) is 1. The Kier molecular flexibility index (Phi) is 8.54. The maximum atomic E-state index is 15.1. The third-order valence-corrected chi connectivity index (χ3v) is 6.43. The number of aromatic nitrogens is 1. The van der Waals surface area contributed by atoms with Crippen LogP contribution in [0.5, 0.6) is 5.75 Å². The van der Waals surface area contributed by atoms with Gasteiger partial charge in [-0.05, 0) is 78.4 Å². The van der Waals surface area contributed by atoms with E-state index < -0.39 is 0 Å². The lowest BCUT2D eigenvalue weighted by atomic mass is 9.98. The van der Waals surface area contributed by atoms with Crippen LogP contribution in [0.2, 0.25) is 5.02 Å². The van der Waals surface area contributed by atoms with Gasteiger partial charge in [0.05, 0.1) is 12.8 Å². The van der Waals surface area contributed by atoms with Crippen molar-refractivity contribution in [2.24, 2.45) is 0 Å². The van der Waals surface area contributed by atoms with E-state index in [-0.39, 0.29) is 5.82 Å². The molecule has 0 aliphatic heterocycles. The van der Waals surface area contributed by atoms with Crippen LogP contribution < -0.4 is 4.74 Å². The topological polar surface area (TPSA) is 22.1 Å². The van der Waals surface area contributed by atoms with Crippen LogP contribution in [-0.2, 0) is 25.7 Å². The highest BCUT2D eigenvalue weighted by molar-refractivity contribution is 6.30. The predicted octanol–water partition coefficient (Wildman–Crippen LogP) is 8.17. The van der Waals surface area contributed by atoms with Crippen molar-refractivity contribution >= 4 is 22.4 Å². The summed E-state index contributed by atoms with van der Waals surface area (Å²) in [4.78, 5) is 4.54. The van der Waals surface area contributed by atoms with Gasteiger partial charge >= 0.3 is 0 Å². The standard InChI is InChI=1S/C30H31ClFNO/c1-2-3-4-19-34-28-17-16-27(33-21-28)15-8-23-9-18-29-25(20-23)12-11-24(30(29)32)10-5-22-6-13-26(31)14-7-22/h6-7,9,11-14,16-18,20-21H,2-5,8,10,15,19H2,1H3. The van der Waals surface area contributed by atoms with E-state index in [1.807, 2.05) is 66.9 Å². The van der Waals surface area contributed by atoms with Crippen LogP contribution in [0.15, 0.2) is 72.9 Å². The van der Waals surface area contributed by atoms with Gasteiger partial charge in [-0.3, -0.25) is 4.98 Å². The first-order valence-electron chi connectivity index (χ1n) is 12.1. The summed E-state index contributed by atoms with van der Waals surface area (Å²) in [6, 6.07) is 21.7. The Hall–Kier alpha value is -2.91. The molecule has 0 saturated carbocycles. The van der Waals surface area contributed by atoms with Crippen molar-refractivity contribution in [3.05, 3.63) is 106 Å². The minimum absolute atomic E-state index is 0.116. The summed E-state index contributed by atoms with van der Waals surface area (Å²) >= 11 is 5.95. The second-order valence-electron chi connectivity index (χ2n) is 8.76. The first kappa shape index (κ1) is 24.2. The first-order valence-corrected chi connectivity index (χ1v) is 12.5. The summed E-state index contributed by atoms with van der Waals surface area (Å²) in [7, 11) is 0. The van der Waals surface area contributed by atoms with Gasteiger partial charge in [-0.1, -0.05) is 73.8 Å². The zero-order valence-corrected chi connectivity index (χ0v) is 20.5. The average Bonchev–Trinajstić information content (AvgIpc) is 2.87. The molecule has 4 heteroatoms. The molecule has 0 atom stereocenters. The molecule has 0 unspecified atom stereocenters. The summed E-state index contributed by atoms with van der Waals surface area (Å²) in [6.45, 7) is 2.93. The number of hydrogen-bond acceptors (Lipinski definition) is 2. The van der Waals surface area contributed by atoms with Gasteiger partial charge in [0.1, 0.15) is 11.6 Å². The van der Waals surface area contributed by atoms with E-state index in [1.165, 1.54) is 18.4 Å². The van der Waals surface area contributed by atoms with E-state index in [4.69, 9.17) is 16.3 Å². The van der Waals surface area contributed by atoms with Gasteiger partial charge in [-0.2, -0.15) is 0 Å². The van der Waals surface area contributed by atoms with Crippen molar-refractivity contribution in [1.82, 2.24) is 4.98 Å². The monoisotopic (exact) mass is 475 g/mol. The Labute approximate surface area is 206 Å². The van der Waals surface area contributed by atoms with Crippen LogP contribution in [0.1, 0.15) is 48.6 Å². The number of aryl methyl sites for hydroxylation is 4. The highest BCUT2D eigenvalue weighted by Gasteiger charge is 2.09. The molecule has 2 nitrogen and oxygen atoms in total. The third-order valence-electron chi connectivity index (χ3n) is 6.18.